The highest BCUT2D eigenvalue weighted by Crippen LogP contribution is 2.24. The van der Waals surface area contributed by atoms with Crippen molar-refractivity contribution in [3.8, 4) is 5.75 Å². The van der Waals surface area contributed by atoms with Crippen LogP contribution in [0.25, 0.3) is 6.08 Å². The Hall–Kier alpha value is -2.93. The number of urea groups is 1. The van der Waals surface area contributed by atoms with E-state index in [9.17, 15) is 14.4 Å². The minimum atomic E-state index is -0.784. The molecule has 0 spiro atoms. The minimum Gasteiger partial charge on any atom is -0.497 e. The first-order valence-corrected chi connectivity index (χ1v) is 8.10. The van der Waals surface area contributed by atoms with Gasteiger partial charge in [-0.05, 0) is 48.0 Å². The molecular formula is C18H13BrN2O4. The highest BCUT2D eigenvalue weighted by Gasteiger charge is 2.36. The molecule has 2 aromatic carbocycles. The number of imide groups is 2. The van der Waals surface area contributed by atoms with Crippen LogP contribution in [0.15, 0.2) is 58.6 Å². The fraction of sp³-hybridized carbons (Fsp3) is 0.0556. The number of anilines is 1. The van der Waals surface area contributed by atoms with Crippen molar-refractivity contribution >= 4 is 45.5 Å². The lowest BCUT2D eigenvalue weighted by atomic mass is 10.1. The smallest absolute Gasteiger partial charge is 0.335 e. The first-order valence-electron chi connectivity index (χ1n) is 7.30. The van der Waals surface area contributed by atoms with Crippen LogP contribution in [0.2, 0.25) is 0 Å². The third kappa shape index (κ3) is 3.46. The second-order valence-corrected chi connectivity index (χ2v) is 6.12. The van der Waals surface area contributed by atoms with Gasteiger partial charge in [-0.25, -0.2) is 9.69 Å². The van der Waals surface area contributed by atoms with E-state index in [1.807, 2.05) is 0 Å². The molecule has 1 heterocycles. The highest BCUT2D eigenvalue weighted by molar-refractivity contribution is 9.10. The van der Waals surface area contributed by atoms with Gasteiger partial charge >= 0.3 is 6.03 Å². The molecule has 0 radical (unpaired) electrons. The molecule has 1 aliphatic rings. The number of nitrogens with zero attached hydrogens (tertiary/aromatic N) is 1. The molecule has 1 fully saturated rings. The lowest BCUT2D eigenvalue weighted by Crippen LogP contribution is -2.54. The van der Waals surface area contributed by atoms with Gasteiger partial charge in [-0.15, -0.1) is 0 Å². The first kappa shape index (κ1) is 16.9. The van der Waals surface area contributed by atoms with E-state index in [0.29, 0.717) is 17.0 Å². The molecule has 1 aliphatic heterocycles. The SMILES string of the molecule is COc1ccc(N2C(=O)NC(=O)C(=Cc3ccc(Br)cc3)C2=O)cc1. The molecule has 0 aromatic heterocycles. The number of halogens is 1. The van der Waals surface area contributed by atoms with E-state index in [0.717, 1.165) is 9.37 Å². The fourth-order valence-electron chi connectivity index (χ4n) is 2.35. The summed E-state index contributed by atoms with van der Waals surface area (Å²) in [6, 6.07) is 12.7. The van der Waals surface area contributed by atoms with E-state index < -0.39 is 17.8 Å². The van der Waals surface area contributed by atoms with Gasteiger partial charge in [-0.1, -0.05) is 28.1 Å². The van der Waals surface area contributed by atoms with Gasteiger partial charge in [-0.2, -0.15) is 0 Å². The highest BCUT2D eigenvalue weighted by atomic mass is 79.9. The molecule has 1 saturated heterocycles. The second kappa shape index (κ2) is 6.90. The number of hydrogen-bond acceptors (Lipinski definition) is 4. The monoisotopic (exact) mass is 400 g/mol. The van der Waals surface area contributed by atoms with Crippen molar-refractivity contribution in [1.29, 1.82) is 0 Å². The van der Waals surface area contributed by atoms with Crippen LogP contribution in [0.1, 0.15) is 5.56 Å². The summed E-state index contributed by atoms with van der Waals surface area (Å²) in [5, 5.41) is 2.19. The van der Waals surface area contributed by atoms with Crippen LogP contribution in [0.5, 0.6) is 5.75 Å². The summed E-state index contributed by atoms with van der Waals surface area (Å²) in [7, 11) is 1.52. The number of amides is 4. The molecule has 0 aliphatic carbocycles. The maximum absolute atomic E-state index is 12.7. The molecule has 1 N–H and O–H groups in total. The standard InChI is InChI=1S/C18H13BrN2O4/c1-25-14-8-6-13(7-9-14)21-17(23)15(16(22)20-18(21)24)10-11-2-4-12(19)5-3-11/h2-10H,1H3,(H,20,22,24). The second-order valence-electron chi connectivity index (χ2n) is 5.21. The Morgan fingerprint density at radius 3 is 2.24 bits per heavy atom. The number of barbiturate groups is 1. The molecule has 0 unspecified atom stereocenters. The first-order chi connectivity index (χ1) is 12.0. The van der Waals surface area contributed by atoms with Gasteiger partial charge in [0, 0.05) is 4.47 Å². The molecular weight excluding hydrogens is 388 g/mol. The Labute approximate surface area is 152 Å². The van der Waals surface area contributed by atoms with Crippen molar-refractivity contribution < 1.29 is 19.1 Å². The Balaban J connectivity index is 1.97. The van der Waals surface area contributed by atoms with Crippen LogP contribution in [0.3, 0.4) is 0 Å². The minimum absolute atomic E-state index is 0.113. The van der Waals surface area contributed by atoms with Crippen molar-refractivity contribution in [3.63, 3.8) is 0 Å². The summed E-state index contributed by atoms with van der Waals surface area (Å²) >= 11 is 3.32. The largest absolute Gasteiger partial charge is 0.497 e. The van der Waals surface area contributed by atoms with Crippen LogP contribution < -0.4 is 15.0 Å². The summed E-state index contributed by atoms with van der Waals surface area (Å²) < 4.78 is 5.94. The van der Waals surface area contributed by atoms with E-state index in [1.165, 1.54) is 13.2 Å². The number of carbonyl (C=O) groups is 3. The summed E-state index contributed by atoms with van der Waals surface area (Å²) in [5.41, 5.74) is 0.904. The van der Waals surface area contributed by atoms with Crippen molar-refractivity contribution in [3.05, 3.63) is 64.1 Å². The van der Waals surface area contributed by atoms with E-state index in [1.54, 1.807) is 48.5 Å². The summed E-state index contributed by atoms with van der Waals surface area (Å²) in [6.45, 7) is 0. The Morgan fingerprint density at radius 1 is 1.00 bits per heavy atom. The van der Waals surface area contributed by atoms with E-state index in [-0.39, 0.29) is 5.57 Å². The van der Waals surface area contributed by atoms with Crippen LogP contribution in [0, 0.1) is 0 Å². The van der Waals surface area contributed by atoms with Gasteiger partial charge in [0.2, 0.25) is 0 Å². The Morgan fingerprint density at radius 2 is 1.64 bits per heavy atom. The average Bonchev–Trinajstić information content (AvgIpc) is 2.60. The predicted octanol–water partition coefficient (Wildman–Crippen LogP) is 3.12. The van der Waals surface area contributed by atoms with Gasteiger partial charge in [-0.3, -0.25) is 14.9 Å². The van der Waals surface area contributed by atoms with Gasteiger partial charge < -0.3 is 4.74 Å². The van der Waals surface area contributed by atoms with Crippen molar-refractivity contribution in [2.24, 2.45) is 0 Å². The van der Waals surface area contributed by atoms with Crippen LogP contribution in [0.4, 0.5) is 10.5 Å². The summed E-state index contributed by atoms with van der Waals surface area (Å²) in [5.74, 6) is -0.806. The lowest BCUT2D eigenvalue weighted by molar-refractivity contribution is -0.122. The maximum Gasteiger partial charge on any atom is 0.335 e. The molecule has 0 bridgehead atoms. The van der Waals surface area contributed by atoms with Crippen LogP contribution >= 0.6 is 15.9 Å². The van der Waals surface area contributed by atoms with Gasteiger partial charge in [0.25, 0.3) is 11.8 Å². The van der Waals surface area contributed by atoms with Gasteiger partial charge in [0.05, 0.1) is 12.8 Å². The van der Waals surface area contributed by atoms with Crippen LogP contribution in [-0.4, -0.2) is 25.0 Å². The van der Waals surface area contributed by atoms with Crippen molar-refractivity contribution in [1.82, 2.24) is 5.32 Å². The fourth-order valence-corrected chi connectivity index (χ4v) is 2.61. The number of benzene rings is 2. The normalized spacial score (nSPS) is 16.2. The number of methoxy groups -OCH3 is 1. The third-order valence-electron chi connectivity index (χ3n) is 3.61. The van der Waals surface area contributed by atoms with E-state index in [2.05, 4.69) is 21.2 Å². The topological polar surface area (TPSA) is 75.7 Å². The molecule has 2 aromatic rings. The zero-order valence-corrected chi connectivity index (χ0v) is 14.7. The summed E-state index contributed by atoms with van der Waals surface area (Å²) in [6.07, 6.45) is 1.45. The number of nitrogens with one attached hydrogen (secondary N) is 1. The number of rotatable bonds is 3. The van der Waals surface area contributed by atoms with Gasteiger partial charge in [0.15, 0.2) is 0 Å². The third-order valence-corrected chi connectivity index (χ3v) is 4.14. The van der Waals surface area contributed by atoms with E-state index in [4.69, 9.17) is 4.74 Å². The molecule has 0 saturated carbocycles. The lowest BCUT2D eigenvalue weighted by Gasteiger charge is -2.26. The molecule has 7 heteroatoms. The van der Waals surface area contributed by atoms with Crippen molar-refractivity contribution in [2.45, 2.75) is 0 Å². The van der Waals surface area contributed by atoms with Crippen LogP contribution in [-0.2, 0) is 9.59 Å². The molecule has 4 amide bonds. The van der Waals surface area contributed by atoms with Crippen molar-refractivity contribution in [2.75, 3.05) is 12.0 Å². The molecule has 3 rings (SSSR count). The maximum atomic E-state index is 12.7. The molecule has 126 valence electrons. The predicted molar refractivity (Wildman–Crippen MR) is 96.1 cm³/mol. The molecule has 6 nitrogen and oxygen atoms in total. The average molecular weight is 401 g/mol. The number of carbonyl (C=O) groups excluding carboxylic acids is 3. The van der Waals surface area contributed by atoms with E-state index >= 15 is 0 Å². The quantitative estimate of drug-likeness (QED) is 0.634. The Bertz CT molecular complexity index is 873. The molecule has 25 heavy (non-hydrogen) atoms. The zero-order chi connectivity index (χ0) is 18.0. The summed E-state index contributed by atoms with van der Waals surface area (Å²) in [4.78, 5) is 37.8. The number of ether oxygens (including phenoxy) is 1. The Kier molecular flexibility index (Phi) is 4.67. The molecule has 0 atom stereocenters. The van der Waals surface area contributed by atoms with Gasteiger partial charge in [0.1, 0.15) is 11.3 Å². The number of hydrogen-bond donors (Lipinski definition) is 1. The zero-order valence-electron chi connectivity index (χ0n) is 13.2.